The molecule has 0 saturated carbocycles. The number of carbonyl (C=O) groups is 2. The van der Waals surface area contributed by atoms with E-state index in [1.54, 1.807) is 31.4 Å². The first kappa shape index (κ1) is 23.9. The van der Waals surface area contributed by atoms with E-state index in [-0.39, 0.29) is 29.4 Å². The molecule has 9 nitrogen and oxygen atoms in total. The lowest BCUT2D eigenvalue weighted by molar-refractivity contribution is -0.140. The standard InChI is InChI=1S/C24H24BrNO8/c1-31-7-3-6-26-20(14-10-15(25)22(28)18(12-14)32-2)19(23(29)24(26)30)21(27)13-4-5-16-17(11-13)34-9-8-33-16/h4-5,10-12,20,27-28H,3,6-9H2,1-2H3/b21-19+/t20-/m0/s1. The van der Waals surface area contributed by atoms with Gasteiger partial charge >= 0.3 is 0 Å². The van der Waals surface area contributed by atoms with Crippen LogP contribution in [-0.4, -0.2) is 67.4 Å². The molecule has 0 bridgehead atoms. The van der Waals surface area contributed by atoms with E-state index in [0.29, 0.717) is 53.3 Å². The number of rotatable bonds is 7. The summed E-state index contributed by atoms with van der Waals surface area (Å²) in [5.41, 5.74) is 0.727. The third-order valence-corrected chi connectivity index (χ3v) is 6.29. The molecule has 4 rings (SSSR count). The van der Waals surface area contributed by atoms with Crippen molar-refractivity contribution in [3.05, 3.63) is 51.5 Å². The molecule has 2 heterocycles. The highest BCUT2D eigenvalue weighted by Crippen LogP contribution is 2.45. The molecular formula is C24H24BrNO8. The smallest absolute Gasteiger partial charge is 0.295 e. The third-order valence-electron chi connectivity index (χ3n) is 5.69. The van der Waals surface area contributed by atoms with Gasteiger partial charge in [0.15, 0.2) is 23.0 Å². The molecule has 2 N–H and O–H groups in total. The van der Waals surface area contributed by atoms with Crippen LogP contribution in [0.25, 0.3) is 5.76 Å². The predicted octanol–water partition coefficient (Wildman–Crippen LogP) is 3.39. The first-order valence-electron chi connectivity index (χ1n) is 10.6. The quantitative estimate of drug-likeness (QED) is 0.241. The van der Waals surface area contributed by atoms with Crippen LogP contribution in [0.15, 0.2) is 40.4 Å². The molecule has 10 heteroatoms. The lowest BCUT2D eigenvalue weighted by Gasteiger charge is -2.26. The van der Waals surface area contributed by atoms with Crippen LogP contribution in [0, 0.1) is 0 Å². The molecule has 1 saturated heterocycles. The third kappa shape index (κ3) is 4.30. The first-order chi connectivity index (χ1) is 16.4. The highest BCUT2D eigenvalue weighted by Gasteiger charge is 2.46. The average molecular weight is 534 g/mol. The number of hydrogen-bond acceptors (Lipinski definition) is 8. The Bertz CT molecular complexity index is 1160. The minimum absolute atomic E-state index is 0.0706. The van der Waals surface area contributed by atoms with Gasteiger partial charge in [-0.2, -0.15) is 0 Å². The maximum atomic E-state index is 13.2. The summed E-state index contributed by atoms with van der Waals surface area (Å²) in [7, 11) is 2.95. The van der Waals surface area contributed by atoms with Crippen LogP contribution in [0.5, 0.6) is 23.0 Å². The van der Waals surface area contributed by atoms with Gasteiger partial charge in [0, 0.05) is 25.8 Å². The van der Waals surface area contributed by atoms with Crippen LogP contribution >= 0.6 is 15.9 Å². The molecule has 2 aromatic rings. The Morgan fingerprint density at radius 1 is 1.15 bits per heavy atom. The predicted molar refractivity (Wildman–Crippen MR) is 125 cm³/mol. The van der Waals surface area contributed by atoms with Crippen LogP contribution in [0.4, 0.5) is 0 Å². The second kappa shape index (κ2) is 9.94. The second-order valence-electron chi connectivity index (χ2n) is 7.75. The van der Waals surface area contributed by atoms with E-state index >= 15 is 0 Å². The summed E-state index contributed by atoms with van der Waals surface area (Å²) in [5.74, 6) is -0.860. The van der Waals surface area contributed by atoms with Crippen LogP contribution < -0.4 is 14.2 Å². The van der Waals surface area contributed by atoms with Gasteiger partial charge in [-0.25, -0.2) is 0 Å². The number of aliphatic hydroxyl groups is 1. The fourth-order valence-electron chi connectivity index (χ4n) is 4.09. The highest BCUT2D eigenvalue weighted by atomic mass is 79.9. The number of Topliss-reactive ketones (excluding diaryl/α,β-unsaturated/α-hetero) is 1. The number of ketones is 1. The Hall–Kier alpha value is -3.24. The number of aliphatic hydroxyl groups excluding tert-OH is 1. The number of fused-ring (bicyclic) bond motifs is 1. The number of phenolic OH excluding ortho intramolecular Hbond substituents is 1. The van der Waals surface area contributed by atoms with E-state index in [2.05, 4.69) is 15.9 Å². The molecular weight excluding hydrogens is 510 g/mol. The zero-order valence-electron chi connectivity index (χ0n) is 18.7. The Kier molecular flexibility index (Phi) is 6.99. The van der Waals surface area contributed by atoms with Crippen molar-refractivity contribution in [2.45, 2.75) is 12.5 Å². The molecule has 1 atom stereocenters. The lowest BCUT2D eigenvalue weighted by atomic mass is 9.94. The number of halogens is 1. The van der Waals surface area contributed by atoms with Gasteiger partial charge in [-0.05, 0) is 58.2 Å². The van der Waals surface area contributed by atoms with Crippen molar-refractivity contribution in [2.24, 2.45) is 0 Å². The minimum Gasteiger partial charge on any atom is -0.507 e. The van der Waals surface area contributed by atoms with Crippen LogP contribution in [0.3, 0.4) is 0 Å². The van der Waals surface area contributed by atoms with E-state index in [1.807, 2.05) is 0 Å². The summed E-state index contributed by atoms with van der Waals surface area (Å²) in [5, 5.41) is 21.5. The Morgan fingerprint density at radius 3 is 2.59 bits per heavy atom. The zero-order chi connectivity index (χ0) is 24.4. The van der Waals surface area contributed by atoms with Crippen molar-refractivity contribution in [3.63, 3.8) is 0 Å². The van der Waals surface area contributed by atoms with Crippen LogP contribution in [0.1, 0.15) is 23.6 Å². The summed E-state index contributed by atoms with van der Waals surface area (Å²) in [6.07, 6.45) is 0.487. The molecule has 2 aliphatic rings. The van der Waals surface area contributed by atoms with Crippen molar-refractivity contribution < 1.29 is 38.7 Å². The number of likely N-dealkylation sites (tertiary alicyclic amines) is 1. The minimum atomic E-state index is -0.907. The van der Waals surface area contributed by atoms with Gasteiger partial charge in [0.05, 0.1) is 23.2 Å². The van der Waals surface area contributed by atoms with Crippen LogP contribution in [-0.2, 0) is 14.3 Å². The number of carbonyl (C=O) groups excluding carboxylic acids is 2. The number of amides is 1. The highest BCUT2D eigenvalue weighted by molar-refractivity contribution is 9.10. The molecule has 0 aliphatic carbocycles. The summed E-state index contributed by atoms with van der Waals surface area (Å²) in [6, 6.07) is 7.05. The van der Waals surface area contributed by atoms with Crippen LogP contribution in [0.2, 0.25) is 0 Å². The van der Waals surface area contributed by atoms with E-state index in [4.69, 9.17) is 18.9 Å². The molecule has 34 heavy (non-hydrogen) atoms. The van der Waals surface area contributed by atoms with E-state index < -0.39 is 17.7 Å². The maximum Gasteiger partial charge on any atom is 0.295 e. The van der Waals surface area contributed by atoms with E-state index in [1.165, 1.54) is 18.1 Å². The van der Waals surface area contributed by atoms with Crippen molar-refractivity contribution in [3.8, 4) is 23.0 Å². The van der Waals surface area contributed by atoms with E-state index in [9.17, 15) is 19.8 Å². The second-order valence-corrected chi connectivity index (χ2v) is 8.61. The number of hydrogen-bond donors (Lipinski definition) is 2. The van der Waals surface area contributed by atoms with Gasteiger partial charge in [-0.15, -0.1) is 0 Å². The number of methoxy groups -OCH3 is 2. The number of ether oxygens (including phenoxy) is 4. The largest absolute Gasteiger partial charge is 0.507 e. The van der Waals surface area contributed by atoms with Crippen molar-refractivity contribution in [1.82, 2.24) is 4.90 Å². The molecule has 2 aromatic carbocycles. The van der Waals surface area contributed by atoms with Gasteiger partial charge in [0.1, 0.15) is 19.0 Å². The summed E-state index contributed by atoms with van der Waals surface area (Å²) < 4.78 is 21.8. The molecule has 1 amide bonds. The maximum absolute atomic E-state index is 13.2. The van der Waals surface area contributed by atoms with Gasteiger partial charge in [0.25, 0.3) is 11.7 Å². The SMILES string of the molecule is COCCCN1C(=O)C(=O)/C(=C(/O)c2ccc3c(c2)OCCO3)[C@@H]1c1cc(Br)c(O)c(OC)c1. The number of benzene rings is 2. The molecule has 1 fully saturated rings. The number of nitrogens with zero attached hydrogens (tertiary/aromatic N) is 1. The Morgan fingerprint density at radius 2 is 1.88 bits per heavy atom. The van der Waals surface area contributed by atoms with Crippen molar-refractivity contribution in [2.75, 3.05) is 40.6 Å². The molecule has 180 valence electrons. The molecule has 0 unspecified atom stereocenters. The Balaban J connectivity index is 1.86. The fraction of sp³-hybridized carbons (Fsp3) is 0.333. The van der Waals surface area contributed by atoms with Gasteiger partial charge in [-0.1, -0.05) is 0 Å². The molecule has 2 aliphatic heterocycles. The summed E-state index contributed by atoms with van der Waals surface area (Å²) >= 11 is 3.29. The summed E-state index contributed by atoms with van der Waals surface area (Å²) in [4.78, 5) is 27.6. The van der Waals surface area contributed by atoms with Gasteiger partial charge in [-0.3, -0.25) is 9.59 Å². The molecule has 0 aromatic heterocycles. The van der Waals surface area contributed by atoms with Crippen molar-refractivity contribution >= 4 is 33.4 Å². The Labute approximate surface area is 204 Å². The normalized spacial score (nSPS) is 18.9. The first-order valence-corrected chi connectivity index (χ1v) is 11.4. The topological polar surface area (TPSA) is 115 Å². The monoisotopic (exact) mass is 533 g/mol. The number of aromatic hydroxyl groups is 1. The molecule has 0 radical (unpaired) electrons. The average Bonchev–Trinajstić information content (AvgIpc) is 3.10. The zero-order valence-corrected chi connectivity index (χ0v) is 20.3. The summed E-state index contributed by atoms with van der Waals surface area (Å²) in [6.45, 7) is 1.40. The van der Waals surface area contributed by atoms with Crippen molar-refractivity contribution in [1.29, 1.82) is 0 Å². The fourth-order valence-corrected chi connectivity index (χ4v) is 4.55. The lowest BCUT2D eigenvalue weighted by Crippen LogP contribution is -2.31. The number of phenols is 1. The molecule has 0 spiro atoms. The van der Waals surface area contributed by atoms with E-state index in [0.717, 1.165) is 0 Å². The van der Waals surface area contributed by atoms with Gasteiger partial charge < -0.3 is 34.1 Å². The van der Waals surface area contributed by atoms with Gasteiger partial charge in [0.2, 0.25) is 0 Å².